The molecule has 2 rings (SSSR count). The number of alkyl carbamates (subject to hydrolysis) is 1. The fourth-order valence-corrected chi connectivity index (χ4v) is 7.33. The van der Waals surface area contributed by atoms with Crippen LogP contribution in [0, 0.1) is 0 Å². The summed E-state index contributed by atoms with van der Waals surface area (Å²) >= 11 is 17.4. The van der Waals surface area contributed by atoms with Gasteiger partial charge in [-0.1, -0.05) is 182 Å². The zero-order chi connectivity index (χ0) is 43.3. The summed E-state index contributed by atoms with van der Waals surface area (Å²) in [6.07, 6.45) is 13.9. The zero-order valence-corrected chi connectivity index (χ0v) is 37.7. The number of halogens is 3. The zero-order valence-electron chi connectivity index (χ0n) is 35.5. The van der Waals surface area contributed by atoms with E-state index in [0.29, 0.717) is 13.0 Å². The molecule has 0 aromatic heterocycles. The Morgan fingerprint density at radius 3 is 1.97 bits per heavy atom. The molecule has 340 valence electrons. The molecule has 0 saturated carbocycles. The van der Waals surface area contributed by atoms with E-state index in [0.717, 1.165) is 44.1 Å². The van der Waals surface area contributed by atoms with Crippen LogP contribution in [0.5, 0.6) is 0 Å². The van der Waals surface area contributed by atoms with Crippen molar-refractivity contribution in [2.24, 2.45) is 5.73 Å². The van der Waals surface area contributed by atoms with Gasteiger partial charge < -0.3 is 44.9 Å². The first kappa shape index (κ1) is 53.2. The van der Waals surface area contributed by atoms with Crippen molar-refractivity contribution in [3.05, 3.63) is 35.9 Å². The highest BCUT2D eigenvalue weighted by atomic mass is 35.6. The van der Waals surface area contributed by atoms with Crippen molar-refractivity contribution >= 4 is 52.8 Å². The summed E-state index contributed by atoms with van der Waals surface area (Å²) in [5.41, 5.74) is 7.00. The van der Waals surface area contributed by atoms with Gasteiger partial charge in [-0.15, -0.1) is 0 Å². The molecule has 12 nitrogen and oxygen atoms in total. The summed E-state index contributed by atoms with van der Waals surface area (Å²) in [6.45, 7) is 3.76. The van der Waals surface area contributed by atoms with Crippen LogP contribution in [-0.2, 0) is 39.9 Å². The molecule has 0 radical (unpaired) electrons. The normalized spacial score (nSPS) is 20.4. The van der Waals surface area contributed by atoms with Crippen LogP contribution in [0.15, 0.2) is 30.3 Å². The van der Waals surface area contributed by atoms with Crippen molar-refractivity contribution in [2.45, 2.75) is 202 Å². The lowest BCUT2D eigenvalue weighted by molar-refractivity contribution is -0.211. The maximum atomic E-state index is 13.7. The third-order valence-corrected chi connectivity index (χ3v) is 10.9. The van der Waals surface area contributed by atoms with E-state index in [9.17, 15) is 24.6 Å². The molecule has 1 amide bonds. The van der Waals surface area contributed by atoms with E-state index in [2.05, 4.69) is 19.2 Å². The van der Waals surface area contributed by atoms with Gasteiger partial charge in [-0.25, -0.2) is 4.79 Å². The van der Waals surface area contributed by atoms with Crippen LogP contribution >= 0.6 is 34.8 Å². The van der Waals surface area contributed by atoms with E-state index in [1.807, 2.05) is 30.3 Å². The second-order valence-electron chi connectivity index (χ2n) is 15.8. The van der Waals surface area contributed by atoms with Crippen LogP contribution in [0.1, 0.15) is 154 Å². The van der Waals surface area contributed by atoms with Crippen LogP contribution in [0.3, 0.4) is 0 Å². The third-order valence-electron chi connectivity index (χ3n) is 10.6. The monoisotopic (exact) mass is 894 g/mol. The number of carbonyl (C=O) groups excluding carboxylic acids is 3. The summed E-state index contributed by atoms with van der Waals surface area (Å²) in [4.78, 5) is 39.5. The molecule has 0 aliphatic carbocycles. The number of carbonyl (C=O) groups is 3. The summed E-state index contributed by atoms with van der Waals surface area (Å²) < 4.78 is 26.8. The highest BCUT2D eigenvalue weighted by Crippen LogP contribution is 2.29. The Morgan fingerprint density at radius 1 is 0.814 bits per heavy atom. The summed E-state index contributed by atoms with van der Waals surface area (Å²) in [7, 11) is 0. The second-order valence-corrected chi connectivity index (χ2v) is 18.3. The minimum absolute atomic E-state index is 0.0297. The van der Waals surface area contributed by atoms with Gasteiger partial charge in [0.15, 0.2) is 6.10 Å². The van der Waals surface area contributed by atoms with Gasteiger partial charge in [0.05, 0.1) is 31.3 Å². The molecule has 0 bridgehead atoms. The summed E-state index contributed by atoms with van der Waals surface area (Å²) in [5, 5.41) is 24.1. The van der Waals surface area contributed by atoms with Gasteiger partial charge in [0, 0.05) is 6.61 Å². The number of ether oxygens (including phenoxy) is 5. The molecule has 15 heteroatoms. The minimum Gasteiger partial charge on any atom is -0.460 e. The number of hydrogen-bond donors (Lipinski definition) is 4. The fourth-order valence-electron chi connectivity index (χ4n) is 7.16. The topological polar surface area (TPSA) is 176 Å². The molecule has 7 atom stereocenters. The van der Waals surface area contributed by atoms with Gasteiger partial charge in [0.25, 0.3) is 0 Å². The molecule has 0 unspecified atom stereocenters. The first-order valence-corrected chi connectivity index (χ1v) is 23.2. The van der Waals surface area contributed by atoms with Crippen molar-refractivity contribution in [3.63, 3.8) is 0 Å². The molecule has 1 fully saturated rings. The van der Waals surface area contributed by atoms with Crippen molar-refractivity contribution in [1.29, 1.82) is 0 Å². The quantitative estimate of drug-likeness (QED) is 0.0235. The number of nitrogens with two attached hydrogens (primary N) is 1. The Kier molecular flexibility index (Phi) is 28.8. The Hall–Kier alpha value is -1.90. The highest BCUT2D eigenvalue weighted by Gasteiger charge is 2.48. The van der Waals surface area contributed by atoms with Gasteiger partial charge in [0.1, 0.15) is 31.5 Å². The lowest BCUT2D eigenvalue weighted by Gasteiger charge is -2.44. The molecule has 1 aromatic carbocycles. The van der Waals surface area contributed by atoms with Gasteiger partial charge in [0.2, 0.25) is 3.79 Å². The average Bonchev–Trinajstić information content (AvgIpc) is 3.21. The van der Waals surface area contributed by atoms with Crippen molar-refractivity contribution in [1.82, 2.24) is 5.32 Å². The number of benzene rings is 1. The number of unbranched alkanes of at least 4 members (excludes halogenated alkanes) is 15. The molecular formula is C44H73Cl3N2O10. The van der Waals surface area contributed by atoms with E-state index in [-0.39, 0.29) is 25.9 Å². The Morgan fingerprint density at radius 2 is 1.39 bits per heavy atom. The van der Waals surface area contributed by atoms with Crippen LogP contribution in [0.4, 0.5) is 4.79 Å². The molecule has 1 aromatic rings. The number of aliphatic hydroxyl groups excluding tert-OH is 2. The number of rotatable bonds is 32. The molecule has 1 aliphatic rings. The molecule has 1 heterocycles. The maximum absolute atomic E-state index is 13.7. The number of hydrogen-bond acceptors (Lipinski definition) is 11. The summed E-state index contributed by atoms with van der Waals surface area (Å²) in [5.74, 6) is -1.30. The smallest absolute Gasteiger partial charge is 0.407 e. The Bertz CT molecular complexity index is 1240. The lowest BCUT2D eigenvalue weighted by Crippen LogP contribution is -2.65. The first-order chi connectivity index (χ1) is 28.4. The molecule has 5 N–H and O–H groups in total. The number of nitrogens with one attached hydrogen (secondary N) is 1. The molecule has 0 spiro atoms. The van der Waals surface area contributed by atoms with Gasteiger partial charge in [-0.3, -0.25) is 9.59 Å². The largest absolute Gasteiger partial charge is 0.460 e. The van der Waals surface area contributed by atoms with E-state index < -0.39 is 77.6 Å². The van der Waals surface area contributed by atoms with Gasteiger partial charge in [-0.2, -0.15) is 0 Å². The van der Waals surface area contributed by atoms with Gasteiger partial charge in [-0.05, 0) is 31.2 Å². The van der Waals surface area contributed by atoms with E-state index >= 15 is 0 Å². The van der Waals surface area contributed by atoms with Crippen LogP contribution in [0.25, 0.3) is 0 Å². The van der Waals surface area contributed by atoms with E-state index in [1.165, 1.54) is 70.6 Å². The Labute approximate surface area is 368 Å². The van der Waals surface area contributed by atoms with Gasteiger partial charge >= 0.3 is 18.0 Å². The molecule has 1 saturated heterocycles. The minimum atomic E-state index is -1.90. The fraction of sp³-hybridized carbons (Fsp3) is 0.795. The maximum Gasteiger partial charge on any atom is 0.407 e. The lowest BCUT2D eigenvalue weighted by atomic mass is 9.89. The Balaban J connectivity index is 2.13. The molecular weight excluding hydrogens is 823 g/mol. The number of amides is 1. The SMILES string of the molecule is CCCCCCCCCCC[C@H](CC(=O)O[C@H]1[C@H](O)[C@@H](CO)O[C@@H](CC[C@H](N)C(=O)OCc2ccccc2)[C@@H]1NC(=O)OCC(Cl)(Cl)Cl)OCCCCCCCCCC. The van der Waals surface area contributed by atoms with Crippen molar-refractivity contribution < 1.29 is 48.3 Å². The molecule has 59 heavy (non-hydrogen) atoms. The number of alkyl halides is 3. The predicted molar refractivity (Wildman–Crippen MR) is 232 cm³/mol. The van der Waals surface area contributed by atoms with Crippen LogP contribution < -0.4 is 11.1 Å². The molecule has 1 aliphatic heterocycles. The number of aliphatic hydroxyl groups is 2. The van der Waals surface area contributed by atoms with Crippen LogP contribution in [0.2, 0.25) is 0 Å². The van der Waals surface area contributed by atoms with E-state index in [4.69, 9.17) is 64.2 Å². The third kappa shape index (κ3) is 24.4. The average molecular weight is 896 g/mol. The summed E-state index contributed by atoms with van der Waals surface area (Å²) in [6, 6.07) is 6.86. The number of esters is 2. The predicted octanol–water partition coefficient (Wildman–Crippen LogP) is 9.17. The van der Waals surface area contributed by atoms with Crippen molar-refractivity contribution in [3.8, 4) is 0 Å². The van der Waals surface area contributed by atoms with Crippen molar-refractivity contribution in [2.75, 3.05) is 19.8 Å². The second kappa shape index (κ2) is 31.9. The standard InChI is InChI=1S/C44H73Cl3N2O10/c1-3-5-7-9-11-13-14-16-21-25-34(55-28-22-17-15-12-10-8-6-4-2)29-38(51)59-41-39(49-43(54)57-32-44(45,46)47)36(58-37(30-50)40(41)52)27-26-35(48)42(53)56-31-33-23-19-18-20-24-33/h18-20,23-24,34-37,39-41,50,52H,3-17,21-22,25-32,48H2,1-2H3,(H,49,54)/t34-,35+,36+,37-,39+,40-,41-/m1/s1. The van der Waals surface area contributed by atoms with E-state index in [1.54, 1.807) is 0 Å². The highest BCUT2D eigenvalue weighted by molar-refractivity contribution is 6.67. The first-order valence-electron chi connectivity index (χ1n) is 22.1. The van der Waals surface area contributed by atoms with Crippen LogP contribution in [-0.4, -0.2) is 94.5 Å².